The van der Waals surface area contributed by atoms with E-state index in [4.69, 9.17) is 10.6 Å². The van der Waals surface area contributed by atoms with Crippen LogP contribution in [-0.2, 0) is 0 Å². The highest BCUT2D eigenvalue weighted by molar-refractivity contribution is 5.93. The molecule has 0 spiro atoms. The monoisotopic (exact) mass is 282 g/mol. The van der Waals surface area contributed by atoms with Gasteiger partial charge in [0.25, 0.3) is 0 Å². The zero-order chi connectivity index (χ0) is 14.5. The maximum Gasteiger partial charge on any atom is 0.210 e. The van der Waals surface area contributed by atoms with E-state index in [-0.39, 0.29) is 0 Å². The lowest BCUT2D eigenvalue weighted by Gasteiger charge is -2.10. The van der Waals surface area contributed by atoms with Gasteiger partial charge < -0.3 is 10.1 Å². The standard InChI is InChI=1S/C16H18N4O/c17-20-16(18-12-6-7-12)19-13-8-10-15(11-9-13)21-14-4-2-1-3-5-14/h1-5,8-12H,6-7,17H2,(H2,18,19,20). The number of ether oxygens (including phenoxy) is 1. The Labute approximate surface area is 123 Å². The molecule has 0 radical (unpaired) electrons. The van der Waals surface area contributed by atoms with Gasteiger partial charge in [0.2, 0.25) is 5.96 Å². The van der Waals surface area contributed by atoms with Gasteiger partial charge >= 0.3 is 0 Å². The molecule has 0 atom stereocenters. The first-order valence-corrected chi connectivity index (χ1v) is 6.98. The maximum atomic E-state index is 5.74. The summed E-state index contributed by atoms with van der Waals surface area (Å²) in [6, 6.07) is 17.8. The summed E-state index contributed by atoms with van der Waals surface area (Å²) in [6.45, 7) is 0. The van der Waals surface area contributed by atoms with Crippen molar-refractivity contribution in [2.75, 3.05) is 5.32 Å². The Bertz CT molecular complexity index is 606. The lowest BCUT2D eigenvalue weighted by atomic mass is 10.3. The largest absolute Gasteiger partial charge is 0.457 e. The lowest BCUT2D eigenvalue weighted by molar-refractivity contribution is 0.483. The van der Waals surface area contributed by atoms with Gasteiger partial charge in [-0.3, -0.25) is 5.43 Å². The van der Waals surface area contributed by atoms with Crippen molar-refractivity contribution in [1.82, 2.24) is 5.43 Å². The Morgan fingerprint density at radius 2 is 1.67 bits per heavy atom. The molecule has 0 heterocycles. The predicted molar refractivity (Wildman–Crippen MR) is 84.4 cm³/mol. The summed E-state index contributed by atoms with van der Waals surface area (Å²) in [5.74, 6) is 7.66. The number of hydrogen-bond acceptors (Lipinski definition) is 3. The topological polar surface area (TPSA) is 71.7 Å². The first-order chi connectivity index (χ1) is 10.3. The summed E-state index contributed by atoms with van der Waals surface area (Å²) in [5, 5.41) is 3.15. The zero-order valence-corrected chi connectivity index (χ0v) is 11.6. The minimum atomic E-state index is 0.407. The molecule has 5 nitrogen and oxygen atoms in total. The van der Waals surface area contributed by atoms with Crippen molar-refractivity contribution < 1.29 is 4.74 Å². The summed E-state index contributed by atoms with van der Waals surface area (Å²) in [6.07, 6.45) is 2.27. The second kappa shape index (κ2) is 6.28. The molecule has 0 aliphatic heterocycles. The number of hydrogen-bond donors (Lipinski definition) is 3. The minimum absolute atomic E-state index is 0.407. The summed E-state index contributed by atoms with van der Waals surface area (Å²) in [7, 11) is 0. The first kappa shape index (κ1) is 13.5. The molecule has 1 aliphatic carbocycles. The van der Waals surface area contributed by atoms with Crippen molar-refractivity contribution in [3.05, 3.63) is 54.6 Å². The number of aliphatic imine (C=N–C) groups is 1. The molecule has 0 aromatic heterocycles. The van der Waals surface area contributed by atoms with Gasteiger partial charge in [0.05, 0.1) is 6.04 Å². The van der Waals surface area contributed by atoms with Gasteiger partial charge in [-0.25, -0.2) is 10.8 Å². The number of anilines is 1. The van der Waals surface area contributed by atoms with E-state index in [2.05, 4.69) is 15.7 Å². The van der Waals surface area contributed by atoms with Gasteiger partial charge in [0.15, 0.2) is 0 Å². The van der Waals surface area contributed by atoms with Crippen molar-refractivity contribution in [2.45, 2.75) is 18.9 Å². The Hall–Kier alpha value is -2.53. The van der Waals surface area contributed by atoms with E-state index < -0.39 is 0 Å². The Morgan fingerprint density at radius 1 is 1.00 bits per heavy atom. The van der Waals surface area contributed by atoms with Crippen LogP contribution < -0.4 is 21.3 Å². The van der Waals surface area contributed by atoms with Gasteiger partial charge in [-0.15, -0.1) is 0 Å². The van der Waals surface area contributed by atoms with Crippen LogP contribution in [0.2, 0.25) is 0 Å². The molecular formula is C16H18N4O. The number of guanidine groups is 1. The van der Waals surface area contributed by atoms with Gasteiger partial charge in [0, 0.05) is 5.69 Å². The summed E-state index contributed by atoms with van der Waals surface area (Å²) >= 11 is 0. The lowest BCUT2D eigenvalue weighted by Crippen LogP contribution is -2.36. The number of nitrogens with one attached hydrogen (secondary N) is 2. The van der Waals surface area contributed by atoms with Crippen LogP contribution in [0.25, 0.3) is 0 Å². The van der Waals surface area contributed by atoms with Gasteiger partial charge in [-0.05, 0) is 49.2 Å². The highest BCUT2D eigenvalue weighted by Gasteiger charge is 2.20. The van der Waals surface area contributed by atoms with E-state index in [0.717, 1.165) is 30.0 Å². The van der Waals surface area contributed by atoms with Gasteiger partial charge in [-0.1, -0.05) is 18.2 Å². The number of para-hydroxylation sites is 1. The molecule has 2 aromatic carbocycles. The van der Waals surface area contributed by atoms with Crippen molar-refractivity contribution in [2.24, 2.45) is 10.8 Å². The van der Waals surface area contributed by atoms with Crippen LogP contribution in [0.4, 0.5) is 5.69 Å². The second-order valence-corrected chi connectivity index (χ2v) is 4.92. The molecule has 0 unspecified atom stereocenters. The predicted octanol–water partition coefficient (Wildman–Crippen LogP) is 2.87. The number of nitrogens with zero attached hydrogens (tertiary/aromatic N) is 1. The molecule has 108 valence electrons. The molecule has 0 amide bonds. The Morgan fingerprint density at radius 3 is 2.29 bits per heavy atom. The van der Waals surface area contributed by atoms with Gasteiger partial charge in [-0.2, -0.15) is 0 Å². The van der Waals surface area contributed by atoms with Crippen LogP contribution in [0.1, 0.15) is 12.8 Å². The highest BCUT2D eigenvalue weighted by Crippen LogP contribution is 2.24. The Kier molecular flexibility index (Phi) is 4.02. The maximum absolute atomic E-state index is 5.74. The molecule has 4 N–H and O–H groups in total. The molecule has 5 heteroatoms. The van der Waals surface area contributed by atoms with Crippen molar-refractivity contribution in [3.63, 3.8) is 0 Å². The number of benzene rings is 2. The third-order valence-electron chi connectivity index (χ3n) is 3.09. The molecule has 21 heavy (non-hydrogen) atoms. The molecular weight excluding hydrogens is 264 g/mol. The van der Waals surface area contributed by atoms with E-state index >= 15 is 0 Å². The van der Waals surface area contributed by atoms with Crippen molar-refractivity contribution in [3.8, 4) is 11.5 Å². The van der Waals surface area contributed by atoms with E-state index in [1.807, 2.05) is 54.6 Å². The van der Waals surface area contributed by atoms with E-state index in [0.29, 0.717) is 12.0 Å². The van der Waals surface area contributed by atoms with Crippen LogP contribution in [-0.4, -0.2) is 12.0 Å². The number of rotatable bonds is 4. The second-order valence-electron chi connectivity index (χ2n) is 4.92. The molecule has 2 aromatic rings. The zero-order valence-electron chi connectivity index (χ0n) is 11.6. The normalized spacial score (nSPS) is 14.6. The van der Waals surface area contributed by atoms with Crippen LogP contribution in [0, 0.1) is 0 Å². The van der Waals surface area contributed by atoms with Gasteiger partial charge in [0.1, 0.15) is 11.5 Å². The fraction of sp³-hybridized carbons (Fsp3) is 0.188. The third-order valence-corrected chi connectivity index (χ3v) is 3.09. The van der Waals surface area contributed by atoms with Crippen molar-refractivity contribution >= 4 is 11.6 Å². The van der Waals surface area contributed by atoms with E-state index in [1.54, 1.807) is 0 Å². The molecule has 1 saturated carbocycles. The minimum Gasteiger partial charge on any atom is -0.457 e. The quantitative estimate of drug-likeness (QED) is 0.349. The fourth-order valence-corrected chi connectivity index (χ4v) is 1.86. The van der Waals surface area contributed by atoms with Crippen LogP contribution >= 0.6 is 0 Å². The average molecular weight is 282 g/mol. The summed E-state index contributed by atoms with van der Waals surface area (Å²) in [5.41, 5.74) is 3.49. The van der Waals surface area contributed by atoms with Crippen LogP contribution in [0.5, 0.6) is 11.5 Å². The smallest absolute Gasteiger partial charge is 0.210 e. The number of nitrogens with two attached hydrogens (primary N) is 1. The first-order valence-electron chi connectivity index (χ1n) is 6.98. The van der Waals surface area contributed by atoms with E-state index in [1.165, 1.54) is 0 Å². The molecule has 1 aliphatic rings. The van der Waals surface area contributed by atoms with Crippen LogP contribution in [0.15, 0.2) is 59.6 Å². The van der Waals surface area contributed by atoms with Crippen LogP contribution in [0.3, 0.4) is 0 Å². The average Bonchev–Trinajstić information content (AvgIpc) is 3.33. The fourth-order valence-electron chi connectivity index (χ4n) is 1.86. The van der Waals surface area contributed by atoms with E-state index in [9.17, 15) is 0 Å². The number of hydrazine groups is 1. The molecule has 0 saturated heterocycles. The molecule has 3 rings (SSSR count). The summed E-state index contributed by atoms with van der Waals surface area (Å²) < 4.78 is 5.74. The Balaban J connectivity index is 1.63. The molecule has 1 fully saturated rings. The van der Waals surface area contributed by atoms with Crippen molar-refractivity contribution in [1.29, 1.82) is 0 Å². The SMILES string of the molecule is NNC(=NC1CC1)Nc1ccc(Oc2ccccc2)cc1. The summed E-state index contributed by atoms with van der Waals surface area (Å²) in [4.78, 5) is 4.43. The third kappa shape index (κ3) is 3.97. The highest BCUT2D eigenvalue weighted by atomic mass is 16.5. The molecule has 0 bridgehead atoms.